The maximum absolute atomic E-state index is 13.2. The number of rotatable bonds is 4. The topological polar surface area (TPSA) is 55.0 Å². The Morgan fingerprint density at radius 2 is 1.67 bits per heavy atom. The zero-order valence-corrected chi connectivity index (χ0v) is 13.6. The summed E-state index contributed by atoms with van der Waals surface area (Å²) in [6.07, 6.45) is -1.94. The van der Waals surface area contributed by atoms with Gasteiger partial charge in [-0.3, -0.25) is 0 Å². The molecular weight excluding hydrogens is 364 g/mol. The minimum atomic E-state index is -4.70. The van der Waals surface area contributed by atoms with Crippen molar-refractivity contribution in [2.45, 2.75) is 6.18 Å². The van der Waals surface area contributed by atoms with Gasteiger partial charge in [0.1, 0.15) is 5.16 Å². The van der Waals surface area contributed by atoms with E-state index in [0.717, 1.165) is 5.01 Å². The standard InChI is InChI=1S/C15H11Cl2F3N4/c1-9(15(18,19)20)12(10-3-5-11(16)6-4-10)13(17)24(21)14-22-7-2-8-23-14/h2-8H,1,21H2/b13-12+. The third-order valence-electron chi connectivity index (χ3n) is 2.96. The van der Waals surface area contributed by atoms with Crippen molar-refractivity contribution in [3.05, 3.63) is 70.6 Å². The fourth-order valence-corrected chi connectivity index (χ4v) is 2.22. The second-order valence-electron chi connectivity index (χ2n) is 4.57. The molecule has 9 heteroatoms. The van der Waals surface area contributed by atoms with Gasteiger partial charge in [-0.15, -0.1) is 0 Å². The molecule has 0 aliphatic heterocycles. The molecule has 24 heavy (non-hydrogen) atoms. The third-order valence-corrected chi connectivity index (χ3v) is 3.59. The molecule has 0 spiro atoms. The molecule has 0 radical (unpaired) electrons. The van der Waals surface area contributed by atoms with Crippen LogP contribution in [-0.2, 0) is 0 Å². The summed E-state index contributed by atoms with van der Waals surface area (Å²) in [5, 5.41) is 0.691. The molecule has 1 heterocycles. The molecule has 0 aliphatic carbocycles. The Morgan fingerprint density at radius 1 is 1.12 bits per heavy atom. The Bertz CT molecular complexity index is 759. The summed E-state index contributed by atoms with van der Waals surface area (Å²) in [5.41, 5.74) is -1.39. The molecule has 0 bridgehead atoms. The minimum Gasteiger partial charge on any atom is -0.239 e. The van der Waals surface area contributed by atoms with E-state index in [1.165, 1.54) is 42.7 Å². The van der Waals surface area contributed by atoms with Crippen LogP contribution >= 0.6 is 23.2 Å². The third kappa shape index (κ3) is 4.05. The van der Waals surface area contributed by atoms with Gasteiger partial charge in [0, 0.05) is 23.0 Å². The molecule has 0 unspecified atom stereocenters. The highest BCUT2D eigenvalue weighted by atomic mass is 35.5. The summed E-state index contributed by atoms with van der Waals surface area (Å²) in [5.74, 6) is 5.71. The van der Waals surface area contributed by atoms with Crippen LogP contribution in [0, 0.1) is 0 Å². The molecule has 0 fully saturated rings. The van der Waals surface area contributed by atoms with Gasteiger partial charge in [0.05, 0.1) is 5.57 Å². The van der Waals surface area contributed by atoms with Crippen LogP contribution in [-0.4, -0.2) is 16.1 Å². The SMILES string of the molecule is C=C(/C(=C(/Cl)N(N)c1ncccn1)c1ccc(Cl)cc1)C(F)(F)F. The first kappa shape index (κ1) is 18.3. The lowest BCUT2D eigenvalue weighted by atomic mass is 9.99. The Kier molecular flexibility index (Phi) is 5.48. The number of benzene rings is 1. The van der Waals surface area contributed by atoms with Crippen molar-refractivity contribution in [3.8, 4) is 0 Å². The Labute approximate surface area is 146 Å². The number of hydrazine groups is 1. The lowest BCUT2D eigenvalue weighted by molar-refractivity contribution is -0.0867. The summed E-state index contributed by atoms with van der Waals surface area (Å²) >= 11 is 11.9. The smallest absolute Gasteiger partial charge is 0.239 e. The molecule has 1 aromatic carbocycles. The molecule has 1 aromatic heterocycles. The quantitative estimate of drug-likeness (QED) is 0.369. The van der Waals surface area contributed by atoms with Crippen LogP contribution in [0.15, 0.2) is 60.0 Å². The number of anilines is 1. The van der Waals surface area contributed by atoms with E-state index in [1.807, 2.05) is 0 Å². The maximum Gasteiger partial charge on any atom is 0.416 e. The van der Waals surface area contributed by atoms with Crippen LogP contribution in [0.3, 0.4) is 0 Å². The predicted octanol–water partition coefficient (Wildman–Crippen LogP) is 4.54. The number of hydrogen-bond donors (Lipinski definition) is 1. The van der Waals surface area contributed by atoms with Crippen molar-refractivity contribution in [2.24, 2.45) is 5.84 Å². The molecule has 126 valence electrons. The average molecular weight is 375 g/mol. The minimum absolute atomic E-state index is 0.0658. The van der Waals surface area contributed by atoms with Crippen molar-refractivity contribution in [1.82, 2.24) is 9.97 Å². The van der Waals surface area contributed by atoms with E-state index < -0.39 is 22.5 Å². The van der Waals surface area contributed by atoms with E-state index in [9.17, 15) is 13.2 Å². The van der Waals surface area contributed by atoms with E-state index in [-0.39, 0.29) is 11.5 Å². The first-order chi connectivity index (χ1) is 11.2. The van der Waals surface area contributed by atoms with Gasteiger partial charge in [-0.25, -0.2) is 20.8 Å². The highest BCUT2D eigenvalue weighted by Gasteiger charge is 2.37. The lowest BCUT2D eigenvalue weighted by Gasteiger charge is -2.21. The van der Waals surface area contributed by atoms with Gasteiger partial charge in [0.15, 0.2) is 0 Å². The number of aromatic nitrogens is 2. The molecular formula is C15H11Cl2F3N4. The maximum atomic E-state index is 13.2. The monoisotopic (exact) mass is 374 g/mol. The summed E-state index contributed by atoms with van der Waals surface area (Å²) in [4.78, 5) is 7.70. The fraction of sp³-hybridized carbons (Fsp3) is 0.0667. The number of hydrogen-bond acceptors (Lipinski definition) is 4. The number of nitrogens with two attached hydrogens (primary N) is 1. The molecule has 4 nitrogen and oxygen atoms in total. The Hall–Kier alpha value is -2.09. The fourth-order valence-electron chi connectivity index (χ4n) is 1.80. The molecule has 0 saturated carbocycles. The predicted molar refractivity (Wildman–Crippen MR) is 88.1 cm³/mol. The number of halogens is 5. The Morgan fingerprint density at radius 3 is 2.17 bits per heavy atom. The van der Waals surface area contributed by atoms with Crippen LogP contribution in [0.5, 0.6) is 0 Å². The van der Waals surface area contributed by atoms with Gasteiger partial charge in [0.25, 0.3) is 0 Å². The first-order valence-electron chi connectivity index (χ1n) is 6.46. The highest BCUT2D eigenvalue weighted by Crippen LogP contribution is 2.39. The zero-order valence-electron chi connectivity index (χ0n) is 12.1. The number of alkyl halides is 3. The lowest BCUT2D eigenvalue weighted by Crippen LogP contribution is -2.31. The molecule has 2 N–H and O–H groups in total. The van der Waals surface area contributed by atoms with Gasteiger partial charge in [0.2, 0.25) is 5.95 Å². The van der Waals surface area contributed by atoms with Crippen LogP contribution in [0.1, 0.15) is 5.56 Å². The molecule has 0 amide bonds. The number of nitrogens with zero attached hydrogens (tertiary/aromatic N) is 3. The van der Waals surface area contributed by atoms with Gasteiger partial charge in [-0.05, 0) is 23.8 Å². The largest absolute Gasteiger partial charge is 0.416 e. The van der Waals surface area contributed by atoms with E-state index in [0.29, 0.717) is 5.02 Å². The van der Waals surface area contributed by atoms with Crippen molar-refractivity contribution < 1.29 is 13.2 Å². The molecule has 2 aromatic rings. The van der Waals surface area contributed by atoms with Crippen molar-refractivity contribution in [1.29, 1.82) is 0 Å². The average Bonchev–Trinajstić information content (AvgIpc) is 2.56. The molecule has 0 atom stereocenters. The molecule has 0 aliphatic rings. The van der Waals surface area contributed by atoms with Crippen LogP contribution in [0.2, 0.25) is 5.02 Å². The van der Waals surface area contributed by atoms with Crippen LogP contribution in [0.4, 0.5) is 19.1 Å². The van der Waals surface area contributed by atoms with Crippen molar-refractivity contribution >= 4 is 34.7 Å². The summed E-state index contributed by atoms with van der Waals surface area (Å²) < 4.78 is 39.5. The molecule has 0 saturated heterocycles. The molecule has 2 rings (SSSR count). The van der Waals surface area contributed by atoms with Gasteiger partial charge in [-0.1, -0.05) is 41.9 Å². The Balaban J connectivity index is 2.60. The van der Waals surface area contributed by atoms with E-state index in [1.54, 1.807) is 0 Å². The number of allylic oxidation sites excluding steroid dienone is 2. The highest BCUT2D eigenvalue weighted by molar-refractivity contribution is 6.35. The summed E-state index contributed by atoms with van der Waals surface area (Å²) in [6.45, 7) is 3.10. The van der Waals surface area contributed by atoms with E-state index in [4.69, 9.17) is 29.0 Å². The van der Waals surface area contributed by atoms with E-state index >= 15 is 0 Å². The van der Waals surface area contributed by atoms with Crippen molar-refractivity contribution in [3.63, 3.8) is 0 Å². The summed E-state index contributed by atoms with van der Waals surface area (Å²) in [6, 6.07) is 7.17. The van der Waals surface area contributed by atoms with Crippen LogP contribution < -0.4 is 10.9 Å². The first-order valence-corrected chi connectivity index (χ1v) is 7.21. The summed E-state index contributed by atoms with van der Waals surface area (Å²) in [7, 11) is 0. The van der Waals surface area contributed by atoms with Gasteiger partial charge >= 0.3 is 6.18 Å². The van der Waals surface area contributed by atoms with Gasteiger partial charge in [-0.2, -0.15) is 13.2 Å². The van der Waals surface area contributed by atoms with Crippen molar-refractivity contribution in [2.75, 3.05) is 5.01 Å². The second-order valence-corrected chi connectivity index (χ2v) is 5.36. The second kappa shape index (κ2) is 7.21. The van der Waals surface area contributed by atoms with Gasteiger partial charge < -0.3 is 0 Å². The normalized spacial score (nSPS) is 12.6. The van der Waals surface area contributed by atoms with E-state index in [2.05, 4.69) is 16.5 Å². The zero-order chi connectivity index (χ0) is 17.9. The van der Waals surface area contributed by atoms with Crippen LogP contribution in [0.25, 0.3) is 5.57 Å².